The van der Waals surface area contributed by atoms with Crippen LogP contribution in [0.2, 0.25) is 0 Å². The first-order chi connectivity index (χ1) is 47.1. The van der Waals surface area contributed by atoms with Crippen LogP contribution in [0.4, 0.5) is 0 Å². The van der Waals surface area contributed by atoms with Crippen molar-refractivity contribution in [1.82, 2.24) is 0 Å². The molecule has 2 unspecified atom stereocenters. The third kappa shape index (κ3) is 75.9. The number of aldehydes is 4. The van der Waals surface area contributed by atoms with E-state index in [9.17, 15) is 43.2 Å². The molecule has 19 heteroatoms. The third-order valence-corrected chi connectivity index (χ3v) is 18.7. The summed E-state index contributed by atoms with van der Waals surface area (Å²) in [6.45, 7) is 0.239. The molecule has 0 spiro atoms. The molecule has 0 aromatic carbocycles. The van der Waals surface area contributed by atoms with E-state index in [0.717, 1.165) is 250 Å². The van der Waals surface area contributed by atoms with E-state index in [2.05, 4.69) is 48.6 Å². The predicted octanol–water partition coefficient (Wildman–Crippen LogP) is 20.7. The predicted molar refractivity (Wildman–Crippen MR) is 391 cm³/mol. The molecule has 0 fully saturated rings. The third-order valence-electron chi connectivity index (χ3n) is 16.8. The van der Waals surface area contributed by atoms with Gasteiger partial charge in [-0.15, -0.1) is 0 Å². The van der Waals surface area contributed by atoms with Crippen molar-refractivity contribution in [2.45, 2.75) is 352 Å². The van der Waals surface area contributed by atoms with Crippen molar-refractivity contribution in [3.8, 4) is 0 Å². The Morgan fingerprint density at radius 1 is 0.240 bits per heavy atom. The van der Waals surface area contributed by atoms with Crippen LogP contribution < -0.4 is 0 Å². The van der Waals surface area contributed by atoms with Gasteiger partial charge in [-0.05, 0) is 154 Å². The SMILES string of the molecule is O=CCCCCCC/C=C\CCCCCCCCCOC[C@H](COP(=O)(O)OC[C@@H](O)COP(=O)(O)OC[C@@H](COCCCCCCC/C=C\CCCCCCC=O)OCCCCCCCCC/C=C\CCCCCCC=O)OCCCCCCC/C=C\CCCCCCC=O. The number of hydrogen-bond acceptors (Lipinski definition) is 15. The summed E-state index contributed by atoms with van der Waals surface area (Å²) in [6.07, 6.45) is 74.7. The van der Waals surface area contributed by atoms with Gasteiger partial charge in [0.25, 0.3) is 0 Å². The van der Waals surface area contributed by atoms with E-state index in [4.69, 9.17) is 37.0 Å². The van der Waals surface area contributed by atoms with Gasteiger partial charge >= 0.3 is 15.6 Å². The lowest BCUT2D eigenvalue weighted by molar-refractivity contribution is -0.108. The standard InChI is InChI=1S/C77H142O17P2/c78-61-53-45-37-29-21-13-5-1-3-9-17-25-33-41-49-57-65-87-71-77(90-68-60-52-44-36-28-20-12-8-16-24-32-40-48-56-64-81)74-94-96(85,86)92-70-75(82)69-91-95(83,84)93-73-76(72-88-66-58-50-42-34-26-18-11-7-15-23-31-39-47-55-63-80)89-67-59-51-43-35-27-19-10-4-2-6-14-22-30-38-46-54-62-79/h1-2,5-8,11-12,61-64,75-77,82H,3-4,9-10,13-60,65-74H2,(H,83,84)(H,85,86)/b5-1-,6-2-,11-7-,12-8-/t75-,76+,77+/m0/s1. The Kier molecular flexibility index (Phi) is 75.0. The maximum Gasteiger partial charge on any atom is 0.472 e. The summed E-state index contributed by atoms with van der Waals surface area (Å²) >= 11 is 0. The fourth-order valence-corrected chi connectivity index (χ4v) is 12.4. The first-order valence-electron chi connectivity index (χ1n) is 38.7. The van der Waals surface area contributed by atoms with Gasteiger partial charge < -0.3 is 53.0 Å². The molecule has 0 radical (unpaired) electrons. The number of ether oxygens (including phenoxy) is 4. The van der Waals surface area contributed by atoms with Crippen LogP contribution in [0.3, 0.4) is 0 Å². The van der Waals surface area contributed by atoms with Crippen LogP contribution in [0.15, 0.2) is 48.6 Å². The molecule has 0 aliphatic carbocycles. The molecule has 0 saturated carbocycles. The molecule has 0 aromatic heterocycles. The van der Waals surface area contributed by atoms with Crippen LogP contribution in [-0.2, 0) is 65.4 Å². The Balaban J connectivity index is 5.04. The summed E-state index contributed by atoms with van der Waals surface area (Å²) in [6, 6.07) is 0. The summed E-state index contributed by atoms with van der Waals surface area (Å²) in [7, 11) is -9.41. The van der Waals surface area contributed by atoms with Gasteiger partial charge in [-0.1, -0.05) is 203 Å². The average molecular weight is 1400 g/mol. The molecule has 0 aliphatic rings. The topological polar surface area (TPSA) is 237 Å². The highest BCUT2D eigenvalue weighted by molar-refractivity contribution is 7.47. The van der Waals surface area contributed by atoms with E-state index in [1.54, 1.807) is 0 Å². The van der Waals surface area contributed by atoms with Crippen LogP contribution in [0.25, 0.3) is 0 Å². The Labute approximate surface area is 585 Å². The summed E-state index contributed by atoms with van der Waals surface area (Å²) in [5.74, 6) is 0. The molecule has 0 heterocycles. The quantitative estimate of drug-likeness (QED) is 0.0222. The van der Waals surface area contributed by atoms with E-state index < -0.39 is 47.2 Å². The Morgan fingerprint density at radius 3 is 0.656 bits per heavy atom. The number of phosphoric ester groups is 2. The highest BCUT2D eigenvalue weighted by Crippen LogP contribution is 2.45. The molecule has 96 heavy (non-hydrogen) atoms. The molecule has 562 valence electrons. The number of carbonyl (C=O) groups is 4. The van der Waals surface area contributed by atoms with Gasteiger partial charge in [0.2, 0.25) is 0 Å². The van der Waals surface area contributed by atoms with Crippen LogP contribution in [0.1, 0.15) is 334 Å². The minimum Gasteiger partial charge on any atom is -0.388 e. The number of carbonyl (C=O) groups excluding carboxylic acids is 4. The van der Waals surface area contributed by atoms with Gasteiger partial charge in [0.15, 0.2) is 0 Å². The van der Waals surface area contributed by atoms with Gasteiger partial charge in [-0.3, -0.25) is 18.1 Å². The van der Waals surface area contributed by atoms with Crippen molar-refractivity contribution in [3.63, 3.8) is 0 Å². The van der Waals surface area contributed by atoms with Crippen molar-refractivity contribution in [2.24, 2.45) is 0 Å². The van der Waals surface area contributed by atoms with Crippen molar-refractivity contribution in [3.05, 3.63) is 48.6 Å². The molecule has 3 N–H and O–H groups in total. The fraction of sp³-hybridized carbons (Fsp3) is 0.844. The lowest BCUT2D eigenvalue weighted by atomic mass is 10.1. The number of unbranched alkanes of at least 4 members (excludes halogenated alkanes) is 44. The second-order valence-electron chi connectivity index (χ2n) is 26.1. The molecule has 0 rings (SSSR count). The molecular weight excluding hydrogens is 1260 g/mol. The molecular formula is C77H142O17P2. The van der Waals surface area contributed by atoms with E-state index in [0.29, 0.717) is 52.1 Å². The van der Waals surface area contributed by atoms with Gasteiger partial charge in [-0.25, -0.2) is 9.13 Å². The van der Waals surface area contributed by atoms with Crippen molar-refractivity contribution < 1.29 is 80.2 Å². The van der Waals surface area contributed by atoms with Gasteiger partial charge in [0.1, 0.15) is 43.5 Å². The van der Waals surface area contributed by atoms with Crippen molar-refractivity contribution >= 4 is 40.8 Å². The first-order valence-corrected chi connectivity index (χ1v) is 41.7. The van der Waals surface area contributed by atoms with E-state index >= 15 is 0 Å². The lowest BCUT2D eigenvalue weighted by Gasteiger charge is -2.22. The van der Waals surface area contributed by atoms with E-state index in [-0.39, 0.29) is 26.4 Å². The maximum absolute atomic E-state index is 13.1. The number of rotatable bonds is 82. The molecule has 0 aromatic rings. The van der Waals surface area contributed by atoms with Gasteiger partial charge in [0.05, 0.1) is 39.6 Å². The minimum absolute atomic E-state index is 0.165. The zero-order valence-electron chi connectivity index (χ0n) is 60.5. The minimum atomic E-state index is -4.70. The molecule has 0 saturated heterocycles. The zero-order chi connectivity index (χ0) is 69.7. The smallest absolute Gasteiger partial charge is 0.388 e. The van der Waals surface area contributed by atoms with Crippen LogP contribution >= 0.6 is 15.6 Å². The average Bonchev–Trinajstić information content (AvgIpc) is 1.41. The first kappa shape index (κ1) is 93.7. The molecule has 0 amide bonds. The van der Waals surface area contributed by atoms with Crippen LogP contribution in [0, 0.1) is 0 Å². The van der Waals surface area contributed by atoms with Gasteiger partial charge in [0, 0.05) is 52.1 Å². The summed E-state index contributed by atoms with van der Waals surface area (Å²) in [5.41, 5.74) is 0. The maximum atomic E-state index is 13.1. The normalized spacial score (nSPS) is 14.3. The van der Waals surface area contributed by atoms with Crippen molar-refractivity contribution in [1.29, 1.82) is 0 Å². The summed E-state index contributed by atoms with van der Waals surface area (Å²) in [5, 5.41) is 10.6. The van der Waals surface area contributed by atoms with Crippen LogP contribution in [0.5, 0.6) is 0 Å². The number of hydrogen-bond donors (Lipinski definition) is 3. The van der Waals surface area contributed by atoms with Crippen molar-refractivity contribution in [2.75, 3.05) is 66.1 Å². The summed E-state index contributed by atoms with van der Waals surface area (Å²) in [4.78, 5) is 63.1. The van der Waals surface area contributed by atoms with Gasteiger partial charge in [-0.2, -0.15) is 0 Å². The molecule has 17 nitrogen and oxygen atoms in total. The monoisotopic (exact) mass is 1400 g/mol. The molecule has 5 atom stereocenters. The highest BCUT2D eigenvalue weighted by Gasteiger charge is 2.29. The Hall–Kier alpha value is -2.34. The number of aliphatic hydroxyl groups excluding tert-OH is 1. The van der Waals surface area contributed by atoms with E-state index in [1.807, 2.05) is 0 Å². The summed E-state index contributed by atoms with van der Waals surface area (Å²) < 4.78 is 71.3. The molecule has 0 bridgehead atoms. The largest absolute Gasteiger partial charge is 0.472 e. The zero-order valence-corrected chi connectivity index (χ0v) is 62.2. The molecule has 0 aliphatic heterocycles. The second kappa shape index (κ2) is 76.8. The lowest BCUT2D eigenvalue weighted by Crippen LogP contribution is -2.27. The Bertz CT molecular complexity index is 1880. The van der Waals surface area contributed by atoms with E-state index in [1.165, 1.54) is 83.5 Å². The Morgan fingerprint density at radius 2 is 0.427 bits per heavy atom. The van der Waals surface area contributed by atoms with Crippen LogP contribution in [-0.4, -0.2) is 124 Å². The number of allylic oxidation sites excluding steroid dienone is 8. The fourth-order valence-electron chi connectivity index (χ4n) is 10.9. The number of aliphatic hydroxyl groups is 1. The number of phosphoric acid groups is 2. The second-order valence-corrected chi connectivity index (χ2v) is 29.0. The highest BCUT2D eigenvalue weighted by atomic mass is 31.2.